The number of thiophene rings is 1. The number of rotatable bonds is 1. The van der Waals surface area contributed by atoms with Gasteiger partial charge in [0.2, 0.25) is 0 Å². The first-order valence-corrected chi connectivity index (χ1v) is 5.79. The van der Waals surface area contributed by atoms with E-state index in [1.165, 1.54) is 11.3 Å². The molecule has 2 aromatic rings. The van der Waals surface area contributed by atoms with Crippen molar-refractivity contribution in [3.8, 4) is 0 Å². The van der Waals surface area contributed by atoms with Gasteiger partial charge in [-0.3, -0.25) is 0 Å². The first kappa shape index (κ1) is 10.0. The standard InChI is InChI=1S/C9H5BrO2S2/c10-7-2-4-1-5(13)3-6(9(11)12)8(4)14-7/h1-3,13H,(H,11,12). The van der Waals surface area contributed by atoms with Gasteiger partial charge in [0.05, 0.1) is 14.0 Å². The molecule has 5 heteroatoms. The second kappa shape index (κ2) is 3.56. The number of carbonyl (C=O) groups is 1. The molecule has 14 heavy (non-hydrogen) atoms. The zero-order valence-electron chi connectivity index (χ0n) is 6.82. The summed E-state index contributed by atoms with van der Waals surface area (Å²) in [6.45, 7) is 0. The lowest BCUT2D eigenvalue weighted by Gasteiger charge is -1.98. The maximum Gasteiger partial charge on any atom is 0.337 e. The van der Waals surface area contributed by atoms with Crippen LogP contribution in [-0.4, -0.2) is 11.1 Å². The highest BCUT2D eigenvalue weighted by molar-refractivity contribution is 9.11. The van der Waals surface area contributed by atoms with Crippen LogP contribution in [0.2, 0.25) is 0 Å². The summed E-state index contributed by atoms with van der Waals surface area (Å²) in [5, 5.41) is 9.88. The van der Waals surface area contributed by atoms with Gasteiger partial charge < -0.3 is 5.11 Å². The van der Waals surface area contributed by atoms with E-state index in [1.807, 2.05) is 12.1 Å². The summed E-state index contributed by atoms with van der Waals surface area (Å²) in [6, 6.07) is 5.31. The van der Waals surface area contributed by atoms with Crippen LogP contribution in [0.5, 0.6) is 0 Å². The number of carboxylic acid groups (broad SMARTS) is 1. The average molecular weight is 289 g/mol. The van der Waals surface area contributed by atoms with Gasteiger partial charge in [-0.1, -0.05) is 0 Å². The molecule has 0 saturated carbocycles. The summed E-state index contributed by atoms with van der Waals surface area (Å²) >= 11 is 8.91. The summed E-state index contributed by atoms with van der Waals surface area (Å²) in [4.78, 5) is 11.6. The quantitative estimate of drug-likeness (QED) is 0.786. The van der Waals surface area contributed by atoms with E-state index in [2.05, 4.69) is 28.6 Å². The maximum atomic E-state index is 10.9. The molecule has 0 unspecified atom stereocenters. The molecule has 72 valence electrons. The third kappa shape index (κ3) is 1.67. The summed E-state index contributed by atoms with van der Waals surface area (Å²) in [5.74, 6) is -0.916. The molecule has 0 aliphatic carbocycles. The van der Waals surface area contributed by atoms with Crippen molar-refractivity contribution in [1.29, 1.82) is 0 Å². The topological polar surface area (TPSA) is 37.3 Å². The second-order valence-electron chi connectivity index (χ2n) is 2.77. The number of hydrogen-bond acceptors (Lipinski definition) is 3. The van der Waals surface area contributed by atoms with Crippen LogP contribution in [0.15, 0.2) is 26.9 Å². The van der Waals surface area contributed by atoms with Gasteiger partial charge in [0.15, 0.2) is 0 Å². The van der Waals surface area contributed by atoms with Crippen LogP contribution in [0.25, 0.3) is 10.1 Å². The lowest BCUT2D eigenvalue weighted by atomic mass is 10.2. The Hall–Kier alpha value is -0.520. The lowest BCUT2D eigenvalue weighted by molar-refractivity contribution is 0.0699. The number of benzene rings is 1. The van der Waals surface area contributed by atoms with Crippen molar-refractivity contribution in [3.05, 3.63) is 27.5 Å². The first-order chi connectivity index (χ1) is 6.58. The maximum absolute atomic E-state index is 10.9. The molecular weight excluding hydrogens is 284 g/mol. The van der Waals surface area contributed by atoms with Gasteiger partial charge in [0, 0.05) is 4.90 Å². The van der Waals surface area contributed by atoms with Crippen molar-refractivity contribution in [2.24, 2.45) is 0 Å². The van der Waals surface area contributed by atoms with Gasteiger partial charge in [0.1, 0.15) is 0 Å². The number of fused-ring (bicyclic) bond motifs is 1. The zero-order valence-corrected chi connectivity index (χ0v) is 10.1. The first-order valence-electron chi connectivity index (χ1n) is 3.73. The molecule has 0 fully saturated rings. The largest absolute Gasteiger partial charge is 0.478 e. The van der Waals surface area contributed by atoms with Crippen LogP contribution >= 0.6 is 39.9 Å². The molecule has 0 saturated heterocycles. The lowest BCUT2D eigenvalue weighted by Crippen LogP contribution is -1.95. The molecule has 1 heterocycles. The van der Waals surface area contributed by atoms with E-state index in [1.54, 1.807) is 6.07 Å². The zero-order chi connectivity index (χ0) is 10.3. The fourth-order valence-corrected chi connectivity index (χ4v) is 3.14. The monoisotopic (exact) mass is 288 g/mol. The third-order valence-corrected chi connectivity index (χ3v) is 3.75. The van der Waals surface area contributed by atoms with Gasteiger partial charge in [-0.2, -0.15) is 0 Å². The van der Waals surface area contributed by atoms with Gasteiger partial charge in [-0.05, 0) is 39.5 Å². The number of aromatic carboxylic acids is 1. The second-order valence-corrected chi connectivity index (χ2v) is 5.72. The number of hydrogen-bond donors (Lipinski definition) is 2. The molecule has 0 atom stereocenters. The number of thiol groups is 1. The van der Waals surface area contributed by atoms with Crippen LogP contribution < -0.4 is 0 Å². The normalized spacial score (nSPS) is 10.7. The predicted molar refractivity (Wildman–Crippen MR) is 63.7 cm³/mol. The van der Waals surface area contributed by atoms with Crippen LogP contribution in [0.1, 0.15) is 10.4 Å². The Morgan fingerprint density at radius 3 is 2.79 bits per heavy atom. The predicted octanol–water partition coefficient (Wildman–Crippen LogP) is 3.65. The molecular formula is C9H5BrO2S2. The SMILES string of the molecule is O=C(O)c1cc(S)cc2cc(Br)sc12. The molecule has 0 bridgehead atoms. The molecule has 0 amide bonds. The van der Waals surface area contributed by atoms with Gasteiger partial charge in [-0.15, -0.1) is 24.0 Å². The van der Waals surface area contributed by atoms with Crippen molar-refractivity contribution < 1.29 is 9.90 Å². The van der Waals surface area contributed by atoms with E-state index < -0.39 is 5.97 Å². The molecule has 1 aromatic carbocycles. The Morgan fingerprint density at radius 1 is 1.43 bits per heavy atom. The van der Waals surface area contributed by atoms with Crippen molar-refractivity contribution in [1.82, 2.24) is 0 Å². The van der Waals surface area contributed by atoms with Crippen molar-refractivity contribution in [3.63, 3.8) is 0 Å². The summed E-state index contributed by atoms with van der Waals surface area (Å²) in [6.07, 6.45) is 0. The van der Waals surface area contributed by atoms with Crippen molar-refractivity contribution >= 4 is 56.0 Å². The Labute approximate surface area is 98.1 Å². The fourth-order valence-electron chi connectivity index (χ4n) is 1.26. The van der Waals surface area contributed by atoms with E-state index in [0.29, 0.717) is 10.5 Å². The number of carboxylic acids is 1. The Kier molecular flexibility index (Phi) is 2.55. The highest BCUT2D eigenvalue weighted by atomic mass is 79.9. The van der Waals surface area contributed by atoms with E-state index in [9.17, 15) is 4.79 Å². The summed E-state index contributed by atoms with van der Waals surface area (Å²) in [7, 11) is 0. The molecule has 0 aliphatic rings. The molecule has 0 radical (unpaired) electrons. The Bertz CT molecular complexity index is 519. The van der Waals surface area contributed by atoms with Crippen LogP contribution in [0.4, 0.5) is 0 Å². The molecule has 0 aliphatic heterocycles. The van der Waals surface area contributed by atoms with Gasteiger partial charge in [-0.25, -0.2) is 4.79 Å². The Morgan fingerprint density at radius 2 is 2.14 bits per heavy atom. The molecule has 1 N–H and O–H groups in total. The van der Waals surface area contributed by atoms with Crippen LogP contribution in [0.3, 0.4) is 0 Å². The Balaban J connectivity index is 2.85. The minimum absolute atomic E-state index is 0.309. The summed E-state index contributed by atoms with van der Waals surface area (Å²) < 4.78 is 1.70. The molecule has 1 aromatic heterocycles. The molecule has 2 rings (SSSR count). The molecule has 0 spiro atoms. The summed E-state index contributed by atoms with van der Waals surface area (Å²) in [5.41, 5.74) is 0.309. The highest BCUT2D eigenvalue weighted by Crippen LogP contribution is 2.34. The van der Waals surface area contributed by atoms with E-state index in [-0.39, 0.29) is 0 Å². The smallest absolute Gasteiger partial charge is 0.337 e. The van der Waals surface area contributed by atoms with Crippen molar-refractivity contribution in [2.75, 3.05) is 0 Å². The van der Waals surface area contributed by atoms with Gasteiger partial charge in [0.25, 0.3) is 0 Å². The molecule has 2 nitrogen and oxygen atoms in total. The van der Waals surface area contributed by atoms with Crippen LogP contribution in [-0.2, 0) is 0 Å². The van der Waals surface area contributed by atoms with Gasteiger partial charge >= 0.3 is 5.97 Å². The minimum Gasteiger partial charge on any atom is -0.478 e. The fraction of sp³-hybridized carbons (Fsp3) is 0. The van der Waals surface area contributed by atoms with E-state index >= 15 is 0 Å². The van der Waals surface area contributed by atoms with Crippen molar-refractivity contribution in [2.45, 2.75) is 4.90 Å². The van der Waals surface area contributed by atoms with E-state index in [0.717, 1.165) is 13.9 Å². The highest BCUT2D eigenvalue weighted by Gasteiger charge is 2.12. The minimum atomic E-state index is -0.916. The third-order valence-electron chi connectivity index (χ3n) is 1.80. The average Bonchev–Trinajstić information content (AvgIpc) is 2.42. The van der Waals surface area contributed by atoms with E-state index in [4.69, 9.17) is 5.11 Å². The number of halogens is 1. The van der Waals surface area contributed by atoms with Crippen LogP contribution in [0, 0.1) is 0 Å².